The van der Waals surface area contributed by atoms with Gasteiger partial charge in [-0.05, 0) is 32.9 Å². The largest absolute Gasteiger partial charge is 0.493 e. The van der Waals surface area contributed by atoms with Crippen LogP contribution in [0.25, 0.3) is 0 Å². The Bertz CT molecular complexity index is 458. The fourth-order valence-electron chi connectivity index (χ4n) is 2.18. The van der Waals surface area contributed by atoms with Crippen molar-refractivity contribution in [2.24, 2.45) is 0 Å². The lowest BCUT2D eigenvalue weighted by atomic mass is 10.0. The molecule has 1 unspecified atom stereocenters. The maximum atomic E-state index is 11.5. The van der Waals surface area contributed by atoms with Gasteiger partial charge in [-0.15, -0.1) is 0 Å². The summed E-state index contributed by atoms with van der Waals surface area (Å²) in [6.07, 6.45) is 1.26. The van der Waals surface area contributed by atoms with Crippen molar-refractivity contribution in [3.8, 4) is 5.75 Å². The van der Waals surface area contributed by atoms with Crippen molar-refractivity contribution in [3.63, 3.8) is 0 Å². The van der Waals surface area contributed by atoms with Crippen molar-refractivity contribution in [2.75, 3.05) is 27.2 Å². The summed E-state index contributed by atoms with van der Waals surface area (Å²) in [7, 11) is 3.55. The number of nitrogens with zero attached hydrogens (tertiary/aromatic N) is 1. The van der Waals surface area contributed by atoms with Gasteiger partial charge in [0.15, 0.2) is 0 Å². The van der Waals surface area contributed by atoms with Crippen LogP contribution in [0.5, 0.6) is 5.75 Å². The third-order valence-corrected chi connectivity index (χ3v) is 3.43. The lowest BCUT2D eigenvalue weighted by Crippen LogP contribution is -2.22. The number of ether oxygens (including phenoxy) is 1. The lowest BCUT2D eigenvalue weighted by Gasteiger charge is -2.18. The second-order valence-electron chi connectivity index (χ2n) is 5.56. The smallest absolute Gasteiger partial charge is 0.222 e. The molecule has 0 fully saturated rings. The summed E-state index contributed by atoms with van der Waals surface area (Å²) in [6.45, 7) is 7.81. The van der Waals surface area contributed by atoms with Crippen LogP contribution in [0.15, 0.2) is 18.2 Å². The van der Waals surface area contributed by atoms with Gasteiger partial charge >= 0.3 is 0 Å². The van der Waals surface area contributed by atoms with Gasteiger partial charge in [0, 0.05) is 32.1 Å². The first kappa shape index (κ1) is 17.5. The highest BCUT2D eigenvalue weighted by Gasteiger charge is 2.11. The van der Waals surface area contributed by atoms with E-state index in [-0.39, 0.29) is 11.9 Å². The van der Waals surface area contributed by atoms with E-state index in [9.17, 15) is 4.79 Å². The van der Waals surface area contributed by atoms with Gasteiger partial charge in [0.05, 0.1) is 6.61 Å². The number of benzene rings is 1. The average Bonchev–Trinajstić information content (AvgIpc) is 2.44. The topological polar surface area (TPSA) is 41.6 Å². The van der Waals surface area contributed by atoms with Crippen LogP contribution >= 0.6 is 0 Å². The van der Waals surface area contributed by atoms with Gasteiger partial charge in [0.2, 0.25) is 5.91 Å². The molecular formula is C17H28N2O2. The fraction of sp³-hybridized carbons (Fsp3) is 0.588. The van der Waals surface area contributed by atoms with Crippen LogP contribution in [0, 0.1) is 6.92 Å². The van der Waals surface area contributed by atoms with Crippen molar-refractivity contribution in [3.05, 3.63) is 29.3 Å². The normalized spacial score (nSPS) is 12.0. The Kier molecular flexibility index (Phi) is 7.23. The molecule has 1 atom stereocenters. The molecule has 1 aromatic rings. The number of carbonyl (C=O) groups excluding carboxylic acids is 1. The number of hydrogen-bond acceptors (Lipinski definition) is 3. The predicted molar refractivity (Wildman–Crippen MR) is 86.7 cm³/mol. The van der Waals surface area contributed by atoms with Gasteiger partial charge in [0.25, 0.3) is 0 Å². The molecule has 0 heterocycles. The molecule has 1 N–H and O–H groups in total. The highest BCUT2D eigenvalue weighted by Crippen LogP contribution is 2.26. The molecule has 0 saturated heterocycles. The van der Waals surface area contributed by atoms with E-state index in [1.54, 1.807) is 19.0 Å². The van der Waals surface area contributed by atoms with Crippen molar-refractivity contribution in [1.29, 1.82) is 0 Å². The molecule has 21 heavy (non-hydrogen) atoms. The summed E-state index contributed by atoms with van der Waals surface area (Å²) in [5.41, 5.74) is 2.40. The first-order chi connectivity index (χ1) is 9.95. The lowest BCUT2D eigenvalue weighted by molar-refractivity contribution is -0.128. The Labute approximate surface area is 128 Å². The molecule has 0 bridgehead atoms. The van der Waals surface area contributed by atoms with E-state index < -0.39 is 0 Å². The predicted octanol–water partition coefficient (Wildman–Crippen LogP) is 2.91. The first-order valence-corrected chi connectivity index (χ1v) is 7.62. The number of nitrogens with one attached hydrogen (secondary N) is 1. The molecule has 0 spiro atoms. The van der Waals surface area contributed by atoms with Gasteiger partial charge < -0.3 is 15.0 Å². The second kappa shape index (κ2) is 8.67. The van der Waals surface area contributed by atoms with E-state index >= 15 is 0 Å². The van der Waals surface area contributed by atoms with Crippen LogP contribution in [0.1, 0.15) is 43.9 Å². The number of carbonyl (C=O) groups is 1. The highest BCUT2D eigenvalue weighted by atomic mass is 16.5. The number of aryl methyl sites for hydroxylation is 1. The molecule has 4 nitrogen and oxygen atoms in total. The zero-order valence-electron chi connectivity index (χ0n) is 13.9. The molecule has 0 aromatic heterocycles. The Balaban J connectivity index is 2.60. The Morgan fingerprint density at radius 1 is 1.38 bits per heavy atom. The number of hydrogen-bond donors (Lipinski definition) is 1. The molecule has 0 aliphatic heterocycles. The van der Waals surface area contributed by atoms with Gasteiger partial charge in [-0.3, -0.25) is 4.79 Å². The minimum Gasteiger partial charge on any atom is -0.493 e. The van der Waals surface area contributed by atoms with Crippen LogP contribution in [0.4, 0.5) is 0 Å². The van der Waals surface area contributed by atoms with E-state index in [1.165, 1.54) is 11.1 Å². The Hall–Kier alpha value is -1.55. The van der Waals surface area contributed by atoms with Crippen molar-refractivity contribution in [1.82, 2.24) is 10.2 Å². The van der Waals surface area contributed by atoms with E-state index in [4.69, 9.17) is 4.74 Å². The molecule has 0 aliphatic rings. The van der Waals surface area contributed by atoms with Gasteiger partial charge in [0.1, 0.15) is 5.75 Å². The molecule has 0 radical (unpaired) electrons. The monoisotopic (exact) mass is 292 g/mol. The molecule has 1 amide bonds. The summed E-state index contributed by atoms with van der Waals surface area (Å²) in [6, 6.07) is 6.50. The van der Waals surface area contributed by atoms with Crippen LogP contribution < -0.4 is 10.1 Å². The SMILES string of the molecule is CCNC(C)c1cc(C)ccc1OCCCC(=O)N(C)C. The van der Waals surface area contributed by atoms with E-state index in [2.05, 4.69) is 38.2 Å². The Morgan fingerprint density at radius 3 is 2.71 bits per heavy atom. The molecule has 1 aromatic carbocycles. The third-order valence-electron chi connectivity index (χ3n) is 3.43. The van der Waals surface area contributed by atoms with Crippen molar-refractivity contribution in [2.45, 2.75) is 39.7 Å². The molecule has 4 heteroatoms. The minimum atomic E-state index is 0.142. The van der Waals surface area contributed by atoms with Crippen molar-refractivity contribution < 1.29 is 9.53 Å². The maximum Gasteiger partial charge on any atom is 0.222 e. The van der Waals surface area contributed by atoms with Gasteiger partial charge in [-0.1, -0.05) is 24.6 Å². The first-order valence-electron chi connectivity index (χ1n) is 7.62. The molecule has 0 aliphatic carbocycles. The standard InChI is InChI=1S/C17H28N2O2/c1-6-18-14(3)15-12-13(2)9-10-16(15)21-11-7-8-17(20)19(4)5/h9-10,12,14,18H,6-8,11H2,1-5H3. The summed E-state index contributed by atoms with van der Waals surface area (Å²) in [5, 5.41) is 3.41. The summed E-state index contributed by atoms with van der Waals surface area (Å²) in [4.78, 5) is 13.1. The maximum absolute atomic E-state index is 11.5. The number of amides is 1. The van der Waals surface area contributed by atoms with E-state index in [0.29, 0.717) is 13.0 Å². The third kappa shape index (κ3) is 5.76. The zero-order valence-corrected chi connectivity index (χ0v) is 13.9. The van der Waals surface area contributed by atoms with Gasteiger partial charge in [-0.25, -0.2) is 0 Å². The average molecular weight is 292 g/mol. The molecule has 118 valence electrons. The molecule has 1 rings (SSSR count). The van der Waals surface area contributed by atoms with Crippen LogP contribution in [0.3, 0.4) is 0 Å². The summed E-state index contributed by atoms with van der Waals surface area (Å²) < 4.78 is 5.88. The minimum absolute atomic E-state index is 0.142. The van der Waals surface area contributed by atoms with E-state index in [0.717, 1.165) is 18.7 Å². The fourth-order valence-corrected chi connectivity index (χ4v) is 2.18. The summed E-state index contributed by atoms with van der Waals surface area (Å²) in [5.74, 6) is 1.05. The summed E-state index contributed by atoms with van der Waals surface area (Å²) >= 11 is 0. The van der Waals surface area contributed by atoms with Crippen molar-refractivity contribution >= 4 is 5.91 Å². The highest BCUT2D eigenvalue weighted by molar-refractivity contribution is 5.75. The van der Waals surface area contributed by atoms with E-state index in [1.807, 2.05) is 6.07 Å². The van der Waals surface area contributed by atoms with Crippen LogP contribution in [-0.2, 0) is 4.79 Å². The zero-order chi connectivity index (χ0) is 15.8. The van der Waals surface area contributed by atoms with Gasteiger partial charge in [-0.2, -0.15) is 0 Å². The molecule has 0 saturated carbocycles. The van der Waals surface area contributed by atoms with Crippen LogP contribution in [-0.4, -0.2) is 38.1 Å². The Morgan fingerprint density at radius 2 is 2.10 bits per heavy atom. The second-order valence-corrected chi connectivity index (χ2v) is 5.56. The quantitative estimate of drug-likeness (QED) is 0.749. The number of rotatable bonds is 8. The van der Waals surface area contributed by atoms with Crippen LogP contribution in [0.2, 0.25) is 0 Å². The molecular weight excluding hydrogens is 264 g/mol.